The van der Waals surface area contributed by atoms with Gasteiger partial charge in [-0.1, -0.05) is 11.6 Å². The summed E-state index contributed by atoms with van der Waals surface area (Å²) in [6, 6.07) is 3.86. The van der Waals surface area contributed by atoms with Gasteiger partial charge in [0.25, 0.3) is 0 Å². The summed E-state index contributed by atoms with van der Waals surface area (Å²) >= 11 is 5.89. The lowest BCUT2D eigenvalue weighted by Gasteiger charge is -2.09. The highest BCUT2D eigenvalue weighted by Crippen LogP contribution is 2.28. The van der Waals surface area contributed by atoms with Crippen LogP contribution < -0.4 is 0 Å². The summed E-state index contributed by atoms with van der Waals surface area (Å²) in [5, 5.41) is 0.588. The Hall–Kier alpha value is -1.02. The van der Waals surface area contributed by atoms with Crippen LogP contribution in [0.1, 0.15) is 24.1 Å². The molecule has 0 amide bonds. The fourth-order valence-electron chi connectivity index (χ4n) is 2.23. The molecule has 14 heavy (non-hydrogen) atoms. The first-order valence-electron chi connectivity index (χ1n) is 5.00. The van der Waals surface area contributed by atoms with Crippen molar-refractivity contribution in [3.8, 4) is 0 Å². The van der Waals surface area contributed by atoms with Gasteiger partial charge in [0.15, 0.2) is 0 Å². The number of nitrogens with zero attached hydrogens (tertiary/aromatic N) is 1. The molecule has 2 aromatic rings. The number of nitrogens with one attached hydrogen (secondary N) is 1. The Balaban J connectivity index is 2.32. The Labute approximate surface area is 87.3 Å². The van der Waals surface area contributed by atoms with E-state index in [2.05, 4.69) is 9.97 Å². The fourth-order valence-corrected chi connectivity index (χ4v) is 2.38. The summed E-state index contributed by atoms with van der Waals surface area (Å²) in [6.45, 7) is 0. The summed E-state index contributed by atoms with van der Waals surface area (Å²) in [4.78, 5) is 7.81. The van der Waals surface area contributed by atoms with Crippen LogP contribution in [0.5, 0.6) is 0 Å². The van der Waals surface area contributed by atoms with E-state index in [9.17, 15) is 0 Å². The van der Waals surface area contributed by atoms with Gasteiger partial charge in [0, 0.05) is 5.69 Å². The fraction of sp³-hybridized carbons (Fsp3) is 0.364. The highest BCUT2D eigenvalue weighted by atomic mass is 35.5. The summed E-state index contributed by atoms with van der Waals surface area (Å²) in [5.74, 6) is 0. The molecule has 0 bridgehead atoms. The van der Waals surface area contributed by atoms with Gasteiger partial charge in [-0.05, 0) is 43.4 Å². The van der Waals surface area contributed by atoms with E-state index < -0.39 is 0 Å². The van der Waals surface area contributed by atoms with Crippen molar-refractivity contribution in [3.63, 3.8) is 0 Å². The highest BCUT2D eigenvalue weighted by Gasteiger charge is 2.15. The minimum Gasteiger partial charge on any atom is -0.357 e. The van der Waals surface area contributed by atoms with Crippen LogP contribution in [-0.2, 0) is 12.8 Å². The molecule has 0 saturated heterocycles. The third-order valence-electron chi connectivity index (χ3n) is 2.90. The molecule has 2 heterocycles. The van der Waals surface area contributed by atoms with E-state index in [0.717, 1.165) is 23.9 Å². The smallest absolute Gasteiger partial charge is 0.129 e. The molecule has 0 fully saturated rings. The molecule has 3 rings (SSSR count). The zero-order valence-electron chi connectivity index (χ0n) is 7.81. The second-order valence-electron chi connectivity index (χ2n) is 3.82. The summed E-state index contributed by atoms with van der Waals surface area (Å²) < 4.78 is 0. The monoisotopic (exact) mass is 206 g/mol. The maximum atomic E-state index is 5.89. The quantitative estimate of drug-likeness (QED) is 0.660. The van der Waals surface area contributed by atoms with Gasteiger partial charge >= 0.3 is 0 Å². The van der Waals surface area contributed by atoms with E-state index in [1.807, 2.05) is 12.1 Å². The highest BCUT2D eigenvalue weighted by molar-refractivity contribution is 6.29. The number of aromatic nitrogens is 2. The molecule has 1 N–H and O–H groups in total. The molecular weight excluding hydrogens is 196 g/mol. The Morgan fingerprint density at radius 2 is 2.07 bits per heavy atom. The molecule has 72 valence electrons. The van der Waals surface area contributed by atoms with Crippen molar-refractivity contribution < 1.29 is 0 Å². The maximum Gasteiger partial charge on any atom is 0.129 e. The third-order valence-corrected chi connectivity index (χ3v) is 3.11. The predicted molar refractivity (Wildman–Crippen MR) is 57.7 cm³/mol. The van der Waals surface area contributed by atoms with Crippen LogP contribution in [0, 0.1) is 0 Å². The molecule has 3 heteroatoms. The van der Waals surface area contributed by atoms with Crippen molar-refractivity contribution in [2.75, 3.05) is 0 Å². The number of pyridine rings is 1. The van der Waals surface area contributed by atoms with Gasteiger partial charge in [-0.3, -0.25) is 0 Å². The molecule has 0 spiro atoms. The summed E-state index contributed by atoms with van der Waals surface area (Å²) in [7, 11) is 0. The third kappa shape index (κ3) is 1.14. The van der Waals surface area contributed by atoms with Crippen LogP contribution in [0.25, 0.3) is 11.0 Å². The average Bonchev–Trinajstić information content (AvgIpc) is 2.56. The number of aryl methyl sites for hydroxylation is 2. The number of rotatable bonds is 0. The van der Waals surface area contributed by atoms with E-state index in [4.69, 9.17) is 11.6 Å². The second kappa shape index (κ2) is 2.99. The number of fused-ring (bicyclic) bond motifs is 3. The molecule has 0 aromatic carbocycles. The van der Waals surface area contributed by atoms with E-state index in [1.54, 1.807) is 0 Å². The molecule has 0 unspecified atom stereocenters. The number of hydrogen-bond acceptors (Lipinski definition) is 1. The second-order valence-corrected chi connectivity index (χ2v) is 4.21. The topological polar surface area (TPSA) is 28.7 Å². The van der Waals surface area contributed by atoms with Gasteiger partial charge in [0.05, 0.1) is 11.0 Å². The standard InChI is InChI=1S/C11H11ClN2/c12-10-6-5-9-11(14-10)7-3-1-2-4-8(7)13-9/h5-6,13H,1-4H2. The van der Waals surface area contributed by atoms with Crippen LogP contribution in [0.15, 0.2) is 12.1 Å². The van der Waals surface area contributed by atoms with Gasteiger partial charge in [-0.25, -0.2) is 4.98 Å². The van der Waals surface area contributed by atoms with Gasteiger partial charge in [0.1, 0.15) is 5.15 Å². The first-order valence-corrected chi connectivity index (χ1v) is 5.38. The molecule has 1 aliphatic rings. The molecule has 0 aliphatic heterocycles. The number of aromatic amines is 1. The van der Waals surface area contributed by atoms with E-state index in [1.165, 1.54) is 24.1 Å². The van der Waals surface area contributed by atoms with Crippen LogP contribution in [0.2, 0.25) is 5.15 Å². The molecule has 2 aromatic heterocycles. The molecule has 0 atom stereocenters. The van der Waals surface area contributed by atoms with Gasteiger partial charge in [0.2, 0.25) is 0 Å². The lowest BCUT2D eigenvalue weighted by atomic mass is 9.97. The SMILES string of the molecule is Clc1ccc2[nH]c3c(c2n1)CCCC3. The van der Waals surface area contributed by atoms with Crippen molar-refractivity contribution in [1.82, 2.24) is 9.97 Å². The predicted octanol–water partition coefficient (Wildman–Crippen LogP) is 3.10. The molecule has 0 saturated carbocycles. The van der Waals surface area contributed by atoms with Gasteiger partial charge in [-0.2, -0.15) is 0 Å². The Morgan fingerprint density at radius 3 is 3.00 bits per heavy atom. The van der Waals surface area contributed by atoms with Crippen molar-refractivity contribution >= 4 is 22.6 Å². The van der Waals surface area contributed by atoms with Crippen LogP contribution in [-0.4, -0.2) is 9.97 Å². The van der Waals surface area contributed by atoms with E-state index in [-0.39, 0.29) is 0 Å². The molecule has 1 aliphatic carbocycles. The van der Waals surface area contributed by atoms with Gasteiger partial charge in [-0.15, -0.1) is 0 Å². The molecule has 2 nitrogen and oxygen atoms in total. The minimum absolute atomic E-state index is 0.588. The van der Waals surface area contributed by atoms with Crippen LogP contribution >= 0.6 is 11.6 Å². The zero-order chi connectivity index (χ0) is 9.54. The van der Waals surface area contributed by atoms with Crippen molar-refractivity contribution in [2.45, 2.75) is 25.7 Å². The number of halogens is 1. The lowest BCUT2D eigenvalue weighted by molar-refractivity contribution is 0.679. The average molecular weight is 207 g/mol. The zero-order valence-corrected chi connectivity index (χ0v) is 8.56. The summed E-state index contributed by atoms with van der Waals surface area (Å²) in [6.07, 6.45) is 4.85. The van der Waals surface area contributed by atoms with Crippen LogP contribution in [0.4, 0.5) is 0 Å². The molecular formula is C11H11ClN2. The molecule has 0 radical (unpaired) electrons. The van der Waals surface area contributed by atoms with E-state index >= 15 is 0 Å². The number of hydrogen-bond donors (Lipinski definition) is 1. The van der Waals surface area contributed by atoms with Gasteiger partial charge < -0.3 is 4.98 Å². The largest absolute Gasteiger partial charge is 0.357 e. The summed E-state index contributed by atoms with van der Waals surface area (Å²) in [5.41, 5.74) is 4.95. The van der Waals surface area contributed by atoms with Crippen LogP contribution in [0.3, 0.4) is 0 Å². The van der Waals surface area contributed by atoms with E-state index in [0.29, 0.717) is 5.15 Å². The lowest BCUT2D eigenvalue weighted by Crippen LogP contribution is -2.00. The first kappa shape index (κ1) is 8.30. The maximum absolute atomic E-state index is 5.89. The normalized spacial score (nSPS) is 15.8. The minimum atomic E-state index is 0.588. The Bertz CT molecular complexity index is 487. The Morgan fingerprint density at radius 1 is 1.21 bits per heavy atom. The van der Waals surface area contributed by atoms with Crippen molar-refractivity contribution in [1.29, 1.82) is 0 Å². The number of H-pyrrole nitrogens is 1. The first-order chi connectivity index (χ1) is 6.84. The van der Waals surface area contributed by atoms with Crippen molar-refractivity contribution in [3.05, 3.63) is 28.5 Å². The Kier molecular flexibility index (Phi) is 1.77. The van der Waals surface area contributed by atoms with Crippen molar-refractivity contribution in [2.24, 2.45) is 0 Å².